The molecule has 2 amide bonds. The molecule has 3 aromatic carbocycles. The molecule has 0 heterocycles. The van der Waals surface area contributed by atoms with E-state index in [-0.39, 0.29) is 17.9 Å². The van der Waals surface area contributed by atoms with Crippen LogP contribution in [0.3, 0.4) is 0 Å². The molecular formula is C32H37BrN2O2S. The lowest BCUT2D eigenvalue weighted by atomic mass is 9.94. The van der Waals surface area contributed by atoms with Crippen LogP contribution in [-0.2, 0) is 28.3 Å². The minimum absolute atomic E-state index is 0.0215. The molecule has 1 aliphatic carbocycles. The lowest BCUT2D eigenvalue weighted by Crippen LogP contribution is -2.52. The molecule has 0 aliphatic heterocycles. The number of carbonyl (C=O) groups is 2. The fourth-order valence-corrected chi connectivity index (χ4v) is 6.11. The Labute approximate surface area is 239 Å². The quantitative estimate of drug-likeness (QED) is 0.227. The molecule has 38 heavy (non-hydrogen) atoms. The van der Waals surface area contributed by atoms with E-state index >= 15 is 0 Å². The van der Waals surface area contributed by atoms with Crippen molar-refractivity contribution in [1.29, 1.82) is 0 Å². The molecule has 0 radical (unpaired) electrons. The molecule has 0 aromatic heterocycles. The number of nitrogens with zero attached hydrogens (tertiary/aromatic N) is 1. The second-order valence-electron chi connectivity index (χ2n) is 9.99. The second-order valence-corrected chi connectivity index (χ2v) is 12.0. The zero-order chi connectivity index (χ0) is 26.6. The van der Waals surface area contributed by atoms with Gasteiger partial charge in [-0.3, -0.25) is 9.59 Å². The van der Waals surface area contributed by atoms with Gasteiger partial charge >= 0.3 is 0 Å². The van der Waals surface area contributed by atoms with Gasteiger partial charge in [-0.1, -0.05) is 108 Å². The van der Waals surface area contributed by atoms with Crippen LogP contribution in [0.25, 0.3) is 0 Å². The topological polar surface area (TPSA) is 49.4 Å². The molecular weight excluding hydrogens is 556 g/mol. The molecule has 1 saturated carbocycles. The van der Waals surface area contributed by atoms with Gasteiger partial charge in [0.1, 0.15) is 6.04 Å². The highest BCUT2D eigenvalue weighted by atomic mass is 79.9. The van der Waals surface area contributed by atoms with Gasteiger partial charge in [0.05, 0.1) is 0 Å². The number of thioether (sulfide) groups is 1. The highest BCUT2D eigenvalue weighted by molar-refractivity contribution is 9.10. The monoisotopic (exact) mass is 592 g/mol. The van der Waals surface area contributed by atoms with E-state index < -0.39 is 6.04 Å². The van der Waals surface area contributed by atoms with E-state index in [1.54, 1.807) is 11.8 Å². The molecule has 4 nitrogen and oxygen atoms in total. The van der Waals surface area contributed by atoms with Gasteiger partial charge in [-0.25, -0.2) is 0 Å². The molecule has 1 N–H and O–H groups in total. The summed E-state index contributed by atoms with van der Waals surface area (Å²) in [5, 5.41) is 3.31. The van der Waals surface area contributed by atoms with E-state index in [1.165, 1.54) is 12.0 Å². The van der Waals surface area contributed by atoms with Crippen LogP contribution in [0.5, 0.6) is 0 Å². The maximum atomic E-state index is 13.8. The second kappa shape index (κ2) is 15.1. The molecule has 1 atom stereocenters. The summed E-state index contributed by atoms with van der Waals surface area (Å²) >= 11 is 5.26. The molecule has 0 spiro atoms. The third-order valence-corrected chi connectivity index (χ3v) is 8.62. The van der Waals surface area contributed by atoms with Crippen molar-refractivity contribution in [2.24, 2.45) is 0 Å². The Morgan fingerprint density at radius 1 is 0.842 bits per heavy atom. The fraction of sp³-hybridized carbons (Fsp3) is 0.375. The van der Waals surface area contributed by atoms with Crippen molar-refractivity contribution < 1.29 is 9.59 Å². The smallest absolute Gasteiger partial charge is 0.243 e. The fourth-order valence-electron chi connectivity index (χ4n) is 4.95. The van der Waals surface area contributed by atoms with Crippen LogP contribution in [0.4, 0.5) is 0 Å². The number of nitrogens with one attached hydrogen (secondary N) is 1. The lowest BCUT2D eigenvalue weighted by Gasteiger charge is -2.33. The van der Waals surface area contributed by atoms with Crippen molar-refractivity contribution in [3.8, 4) is 0 Å². The van der Waals surface area contributed by atoms with Gasteiger partial charge in [0.25, 0.3) is 0 Å². The summed E-state index contributed by atoms with van der Waals surface area (Å²) in [7, 11) is 0. The van der Waals surface area contributed by atoms with Crippen LogP contribution in [-0.4, -0.2) is 34.6 Å². The SMILES string of the molecule is O=C(NC1CCCCC1)C(Cc1ccccc1)N(Cc1ccc(Br)cc1)C(=O)CCSCc1ccccc1. The van der Waals surface area contributed by atoms with Gasteiger partial charge in [0.2, 0.25) is 11.8 Å². The Morgan fingerprint density at radius 3 is 2.13 bits per heavy atom. The summed E-state index contributed by atoms with van der Waals surface area (Å²) in [4.78, 5) is 29.4. The van der Waals surface area contributed by atoms with E-state index in [4.69, 9.17) is 0 Å². The predicted octanol–water partition coefficient (Wildman–Crippen LogP) is 7.16. The van der Waals surface area contributed by atoms with Gasteiger partial charge < -0.3 is 10.2 Å². The molecule has 0 bridgehead atoms. The Hall–Kier alpha value is -2.57. The average Bonchev–Trinajstić information content (AvgIpc) is 2.95. The Balaban J connectivity index is 1.52. The van der Waals surface area contributed by atoms with Crippen LogP contribution in [0.1, 0.15) is 55.2 Å². The molecule has 200 valence electrons. The molecule has 6 heteroatoms. The van der Waals surface area contributed by atoms with Gasteiger partial charge in [-0.15, -0.1) is 0 Å². The average molecular weight is 594 g/mol. The van der Waals surface area contributed by atoms with Gasteiger partial charge in [0, 0.05) is 41.4 Å². The number of rotatable bonds is 12. The highest BCUT2D eigenvalue weighted by Crippen LogP contribution is 2.22. The van der Waals surface area contributed by atoms with Gasteiger partial charge in [0.15, 0.2) is 0 Å². The van der Waals surface area contributed by atoms with Crippen LogP contribution >= 0.6 is 27.7 Å². The zero-order valence-electron chi connectivity index (χ0n) is 21.9. The first-order valence-electron chi connectivity index (χ1n) is 13.6. The molecule has 4 rings (SSSR count). The van der Waals surface area contributed by atoms with Crippen molar-refractivity contribution in [1.82, 2.24) is 10.2 Å². The third-order valence-electron chi connectivity index (χ3n) is 7.06. The molecule has 1 fully saturated rings. The summed E-state index contributed by atoms with van der Waals surface area (Å²) < 4.78 is 0.993. The molecule has 0 saturated heterocycles. The lowest BCUT2D eigenvalue weighted by molar-refractivity contribution is -0.141. The zero-order valence-corrected chi connectivity index (χ0v) is 24.3. The number of benzene rings is 3. The number of hydrogen-bond donors (Lipinski definition) is 1. The van der Waals surface area contributed by atoms with Crippen molar-refractivity contribution in [3.05, 3.63) is 106 Å². The van der Waals surface area contributed by atoms with Crippen molar-refractivity contribution in [3.63, 3.8) is 0 Å². The van der Waals surface area contributed by atoms with E-state index in [9.17, 15) is 9.59 Å². The van der Waals surface area contributed by atoms with Crippen molar-refractivity contribution in [2.75, 3.05) is 5.75 Å². The van der Waals surface area contributed by atoms with E-state index in [0.717, 1.165) is 47.0 Å². The van der Waals surface area contributed by atoms with Gasteiger partial charge in [-0.2, -0.15) is 11.8 Å². The number of carbonyl (C=O) groups excluding carboxylic acids is 2. The first-order chi connectivity index (χ1) is 18.6. The molecule has 1 aliphatic rings. The van der Waals surface area contributed by atoms with E-state index in [2.05, 4.69) is 33.4 Å². The highest BCUT2D eigenvalue weighted by Gasteiger charge is 2.31. The summed E-state index contributed by atoms with van der Waals surface area (Å²) in [5.74, 6) is 1.57. The van der Waals surface area contributed by atoms with Crippen molar-refractivity contribution >= 4 is 39.5 Å². The summed E-state index contributed by atoms with van der Waals surface area (Å²) in [5.41, 5.74) is 3.33. The number of halogens is 1. The maximum absolute atomic E-state index is 13.8. The Bertz CT molecular complexity index is 1140. The first-order valence-corrected chi connectivity index (χ1v) is 15.5. The predicted molar refractivity (Wildman–Crippen MR) is 161 cm³/mol. The Kier molecular flexibility index (Phi) is 11.3. The van der Waals surface area contributed by atoms with Crippen LogP contribution in [0.15, 0.2) is 89.4 Å². The third kappa shape index (κ3) is 9.02. The minimum atomic E-state index is -0.561. The summed E-state index contributed by atoms with van der Waals surface area (Å²) in [6, 6.07) is 28.0. The minimum Gasteiger partial charge on any atom is -0.352 e. The summed E-state index contributed by atoms with van der Waals surface area (Å²) in [6.45, 7) is 0.408. The molecule has 3 aromatic rings. The normalized spacial score (nSPS) is 14.6. The maximum Gasteiger partial charge on any atom is 0.243 e. The standard InChI is InChI=1S/C32H37BrN2O2S/c33-28-18-16-26(17-19-28)23-35(31(36)20-21-38-24-27-12-6-2-7-13-27)30(22-25-10-4-1-5-11-25)32(37)34-29-14-8-3-9-15-29/h1-2,4-7,10-13,16-19,29-30H,3,8-9,14-15,20-24H2,(H,34,37). The Morgan fingerprint density at radius 2 is 1.47 bits per heavy atom. The van der Waals surface area contributed by atoms with Gasteiger partial charge in [-0.05, 0) is 41.7 Å². The number of amides is 2. The largest absolute Gasteiger partial charge is 0.352 e. The molecule has 1 unspecified atom stereocenters. The van der Waals surface area contributed by atoms with Crippen molar-refractivity contribution in [2.45, 2.75) is 69.3 Å². The van der Waals surface area contributed by atoms with E-state index in [1.807, 2.05) is 77.7 Å². The van der Waals surface area contributed by atoms with Crippen LogP contribution in [0, 0.1) is 0 Å². The van der Waals surface area contributed by atoms with E-state index in [0.29, 0.717) is 25.1 Å². The summed E-state index contributed by atoms with van der Waals surface area (Å²) in [6.07, 6.45) is 6.45. The van der Waals surface area contributed by atoms with Crippen LogP contribution < -0.4 is 5.32 Å². The number of hydrogen-bond acceptors (Lipinski definition) is 3. The first kappa shape index (κ1) is 28.4. The van der Waals surface area contributed by atoms with Crippen LogP contribution in [0.2, 0.25) is 0 Å².